The minimum atomic E-state index is 0.608. The topological polar surface area (TPSA) is 54.5 Å². The third-order valence-electron chi connectivity index (χ3n) is 4.71. The lowest BCUT2D eigenvalue weighted by Crippen LogP contribution is -1.91. The zero-order valence-electron chi connectivity index (χ0n) is 15.1. The van der Waals surface area contributed by atoms with Crippen LogP contribution < -0.4 is 0 Å². The molecule has 0 amide bonds. The Labute approximate surface area is 180 Å². The Bertz CT molecular complexity index is 1330. The summed E-state index contributed by atoms with van der Waals surface area (Å²) in [7, 11) is 0. The second-order valence-electron chi connectivity index (χ2n) is 6.57. The molecule has 3 aromatic carbocycles. The van der Waals surface area contributed by atoms with E-state index in [0.717, 1.165) is 37.8 Å². The highest BCUT2D eigenvalue weighted by Gasteiger charge is 2.15. The van der Waals surface area contributed by atoms with Crippen LogP contribution in [0.4, 0.5) is 0 Å². The monoisotopic (exact) mass is 460 g/mol. The number of H-pyrrole nitrogens is 1. The van der Waals surface area contributed by atoms with Crippen LogP contribution in [0.3, 0.4) is 0 Å². The first kappa shape index (κ1) is 18.0. The van der Waals surface area contributed by atoms with Crippen LogP contribution in [0.15, 0.2) is 83.3 Å². The second-order valence-corrected chi connectivity index (χ2v) is 7.89. The molecule has 4 nitrogen and oxygen atoms in total. The number of para-hydroxylation sites is 1. The van der Waals surface area contributed by atoms with Crippen LogP contribution in [0.5, 0.6) is 0 Å². The van der Waals surface area contributed by atoms with E-state index in [1.54, 1.807) is 0 Å². The SMILES string of the molecule is Clc1ccccc1-c1nc(-c2cc(-c3ccc(Br)cc3)nc3ccccc23)n[nH]1. The van der Waals surface area contributed by atoms with E-state index in [-0.39, 0.29) is 0 Å². The molecule has 5 rings (SSSR count). The zero-order valence-corrected chi connectivity index (χ0v) is 17.4. The van der Waals surface area contributed by atoms with E-state index >= 15 is 0 Å². The van der Waals surface area contributed by atoms with E-state index in [2.05, 4.69) is 26.1 Å². The molecule has 5 aromatic rings. The van der Waals surface area contributed by atoms with Crippen molar-refractivity contribution in [1.82, 2.24) is 20.2 Å². The molecule has 0 bridgehead atoms. The van der Waals surface area contributed by atoms with Gasteiger partial charge in [-0.2, -0.15) is 5.10 Å². The van der Waals surface area contributed by atoms with Crippen molar-refractivity contribution in [3.63, 3.8) is 0 Å². The second kappa shape index (κ2) is 7.43. The normalized spacial score (nSPS) is 11.1. The number of hydrogen-bond acceptors (Lipinski definition) is 3. The molecule has 0 fully saturated rings. The van der Waals surface area contributed by atoms with Gasteiger partial charge in [-0.05, 0) is 36.4 Å². The molecule has 0 unspecified atom stereocenters. The fraction of sp³-hybridized carbons (Fsp3) is 0. The fourth-order valence-corrected chi connectivity index (χ4v) is 3.77. The van der Waals surface area contributed by atoms with Gasteiger partial charge in [0.1, 0.15) is 0 Å². The smallest absolute Gasteiger partial charge is 0.182 e. The standard InChI is InChI=1S/C23H14BrClN4/c24-15-11-9-14(10-12-15)21-13-18(16-5-2-4-8-20(16)26-21)23-27-22(28-29-23)17-6-1-3-7-19(17)25/h1-13H,(H,27,28,29). The van der Waals surface area contributed by atoms with Gasteiger partial charge in [-0.15, -0.1) is 0 Å². The fourth-order valence-electron chi connectivity index (χ4n) is 3.28. The molecule has 0 spiro atoms. The van der Waals surface area contributed by atoms with E-state index in [1.807, 2.05) is 78.9 Å². The summed E-state index contributed by atoms with van der Waals surface area (Å²) in [5, 5.41) is 9.12. The van der Waals surface area contributed by atoms with Gasteiger partial charge < -0.3 is 0 Å². The van der Waals surface area contributed by atoms with Crippen molar-refractivity contribution in [3.05, 3.63) is 88.4 Å². The molecular weight excluding hydrogens is 448 g/mol. The van der Waals surface area contributed by atoms with Crippen molar-refractivity contribution in [2.24, 2.45) is 0 Å². The summed E-state index contributed by atoms with van der Waals surface area (Å²) in [5.74, 6) is 1.24. The number of aromatic amines is 1. The Morgan fingerprint density at radius 1 is 0.793 bits per heavy atom. The molecular formula is C23H14BrClN4. The van der Waals surface area contributed by atoms with Gasteiger partial charge in [0, 0.05) is 26.5 Å². The molecule has 0 aliphatic carbocycles. The number of halogens is 2. The molecule has 2 aromatic heterocycles. The highest BCUT2D eigenvalue weighted by atomic mass is 79.9. The Hall–Kier alpha value is -3.02. The van der Waals surface area contributed by atoms with Crippen LogP contribution >= 0.6 is 27.5 Å². The number of rotatable bonds is 3. The number of aromatic nitrogens is 4. The average molecular weight is 462 g/mol. The van der Waals surface area contributed by atoms with Crippen molar-refractivity contribution in [1.29, 1.82) is 0 Å². The Kier molecular flexibility index (Phi) is 4.62. The first-order chi connectivity index (χ1) is 14.2. The predicted molar refractivity (Wildman–Crippen MR) is 121 cm³/mol. The number of nitrogens with zero attached hydrogens (tertiary/aromatic N) is 3. The van der Waals surface area contributed by atoms with Crippen molar-refractivity contribution >= 4 is 38.4 Å². The summed E-state index contributed by atoms with van der Waals surface area (Å²) < 4.78 is 1.03. The van der Waals surface area contributed by atoms with Gasteiger partial charge >= 0.3 is 0 Å². The van der Waals surface area contributed by atoms with Crippen LogP contribution in [0, 0.1) is 0 Å². The van der Waals surface area contributed by atoms with Gasteiger partial charge in [0.15, 0.2) is 11.6 Å². The Balaban J connectivity index is 1.68. The third kappa shape index (κ3) is 3.43. The minimum Gasteiger partial charge on any atom is -0.259 e. The van der Waals surface area contributed by atoms with E-state index in [4.69, 9.17) is 21.6 Å². The minimum absolute atomic E-state index is 0.608. The van der Waals surface area contributed by atoms with Gasteiger partial charge in [-0.1, -0.05) is 70.0 Å². The summed E-state index contributed by atoms with van der Waals surface area (Å²) in [5.41, 5.74) is 4.53. The number of nitrogens with one attached hydrogen (secondary N) is 1. The number of hydrogen-bond donors (Lipinski definition) is 1. The molecule has 29 heavy (non-hydrogen) atoms. The maximum Gasteiger partial charge on any atom is 0.182 e. The maximum absolute atomic E-state index is 6.33. The van der Waals surface area contributed by atoms with Gasteiger partial charge in [-0.3, -0.25) is 5.10 Å². The molecule has 140 valence electrons. The van der Waals surface area contributed by atoms with Crippen molar-refractivity contribution in [3.8, 4) is 34.0 Å². The number of benzene rings is 3. The highest BCUT2D eigenvalue weighted by molar-refractivity contribution is 9.10. The van der Waals surface area contributed by atoms with Crippen molar-refractivity contribution < 1.29 is 0 Å². The summed E-state index contributed by atoms with van der Waals surface area (Å²) in [6, 6.07) is 25.7. The molecule has 2 heterocycles. The summed E-state index contributed by atoms with van der Waals surface area (Å²) in [6.45, 7) is 0. The predicted octanol–water partition coefficient (Wildman–Crippen LogP) is 6.77. The van der Waals surface area contributed by atoms with Crippen molar-refractivity contribution in [2.45, 2.75) is 0 Å². The van der Waals surface area contributed by atoms with Crippen LogP contribution in [-0.2, 0) is 0 Å². The molecule has 0 saturated carbocycles. The van der Waals surface area contributed by atoms with Gasteiger partial charge in [0.05, 0.1) is 16.2 Å². The Morgan fingerprint density at radius 3 is 2.38 bits per heavy atom. The lowest BCUT2D eigenvalue weighted by Gasteiger charge is -2.08. The van der Waals surface area contributed by atoms with Gasteiger partial charge in [0.25, 0.3) is 0 Å². The molecule has 0 aliphatic heterocycles. The lowest BCUT2D eigenvalue weighted by molar-refractivity contribution is 1.10. The number of pyridine rings is 1. The van der Waals surface area contributed by atoms with E-state index in [1.165, 1.54) is 0 Å². The lowest BCUT2D eigenvalue weighted by atomic mass is 10.0. The molecule has 0 atom stereocenters. The molecule has 0 aliphatic rings. The van der Waals surface area contributed by atoms with Gasteiger partial charge in [-0.25, -0.2) is 9.97 Å². The quantitative estimate of drug-likeness (QED) is 0.322. The Morgan fingerprint density at radius 2 is 1.55 bits per heavy atom. The summed E-state index contributed by atoms with van der Waals surface area (Å²) in [6.07, 6.45) is 0. The van der Waals surface area contributed by atoms with Crippen LogP contribution in [0.2, 0.25) is 5.02 Å². The van der Waals surface area contributed by atoms with Crippen LogP contribution in [0.1, 0.15) is 0 Å². The van der Waals surface area contributed by atoms with E-state index < -0.39 is 0 Å². The van der Waals surface area contributed by atoms with Crippen LogP contribution in [0.25, 0.3) is 44.9 Å². The maximum atomic E-state index is 6.33. The summed E-state index contributed by atoms with van der Waals surface area (Å²) in [4.78, 5) is 9.56. The van der Waals surface area contributed by atoms with E-state index in [9.17, 15) is 0 Å². The molecule has 0 radical (unpaired) electrons. The van der Waals surface area contributed by atoms with Crippen molar-refractivity contribution in [2.75, 3.05) is 0 Å². The average Bonchev–Trinajstić information content (AvgIpc) is 3.23. The third-order valence-corrected chi connectivity index (χ3v) is 5.57. The molecule has 6 heteroatoms. The first-order valence-electron chi connectivity index (χ1n) is 9.02. The molecule has 0 saturated heterocycles. The zero-order chi connectivity index (χ0) is 19.8. The van der Waals surface area contributed by atoms with Crippen LogP contribution in [-0.4, -0.2) is 20.2 Å². The first-order valence-corrected chi connectivity index (χ1v) is 10.2. The van der Waals surface area contributed by atoms with Gasteiger partial charge in [0.2, 0.25) is 0 Å². The number of fused-ring (bicyclic) bond motifs is 1. The van der Waals surface area contributed by atoms with E-state index in [0.29, 0.717) is 16.7 Å². The highest BCUT2D eigenvalue weighted by Crippen LogP contribution is 2.32. The largest absolute Gasteiger partial charge is 0.259 e. The summed E-state index contributed by atoms with van der Waals surface area (Å²) >= 11 is 9.81. The molecule has 1 N–H and O–H groups in total.